The lowest BCUT2D eigenvalue weighted by molar-refractivity contribution is -0.122. The van der Waals surface area contributed by atoms with Crippen LogP contribution in [0.1, 0.15) is 33.7 Å². The lowest BCUT2D eigenvalue weighted by Crippen LogP contribution is -2.54. The molecule has 37 heavy (non-hydrogen) atoms. The Kier molecular flexibility index (Phi) is 4.79. The minimum Gasteiger partial charge on any atom is -0.274 e. The van der Waals surface area contributed by atoms with Crippen molar-refractivity contribution < 1.29 is 9.59 Å². The van der Waals surface area contributed by atoms with Crippen LogP contribution in [0.25, 0.3) is 0 Å². The minimum atomic E-state index is -0.889. The number of hydrogen-bond acceptors (Lipinski definition) is 3. The van der Waals surface area contributed by atoms with Gasteiger partial charge in [0.15, 0.2) is 0 Å². The van der Waals surface area contributed by atoms with Gasteiger partial charge in [0.05, 0.1) is 33.6 Å². The maximum Gasteiger partial charge on any atom is 0.239 e. The number of amides is 2. The number of anilines is 1. The van der Waals surface area contributed by atoms with Crippen LogP contribution in [0.15, 0.2) is 102 Å². The summed E-state index contributed by atoms with van der Waals surface area (Å²) in [5, 5.41) is 0.382. The zero-order chi connectivity index (χ0) is 25.3. The van der Waals surface area contributed by atoms with E-state index in [2.05, 4.69) is 24.3 Å². The van der Waals surface area contributed by atoms with Crippen molar-refractivity contribution in [1.82, 2.24) is 0 Å². The van der Waals surface area contributed by atoms with Crippen molar-refractivity contribution in [3.63, 3.8) is 0 Å². The molecule has 2 amide bonds. The fraction of sp³-hybridized carbons (Fsp3) is 0.156. The van der Waals surface area contributed by atoms with E-state index >= 15 is 0 Å². The Hall–Kier alpha value is -4.02. The molecule has 4 nitrogen and oxygen atoms in total. The number of halogens is 1. The molecule has 3 aliphatic carbocycles. The van der Waals surface area contributed by atoms with Crippen molar-refractivity contribution in [2.24, 2.45) is 16.8 Å². The number of rotatable bonds is 3. The summed E-state index contributed by atoms with van der Waals surface area (Å²) in [5.74, 6) is -1.81. The number of hydrogen-bond donors (Lipinski definition) is 0. The van der Waals surface area contributed by atoms with Crippen LogP contribution in [0.5, 0.6) is 0 Å². The summed E-state index contributed by atoms with van der Waals surface area (Å²) in [4.78, 5) is 34.8. The average molecular weight is 503 g/mol. The molecule has 1 saturated heterocycles. The number of aliphatic imine (C=N–C) groups is 1. The predicted molar refractivity (Wildman–Crippen MR) is 146 cm³/mol. The molecule has 0 unspecified atom stereocenters. The van der Waals surface area contributed by atoms with Gasteiger partial charge in [-0.2, -0.15) is 0 Å². The Balaban J connectivity index is 1.51. The molecule has 0 aromatic heterocycles. The second-order valence-electron chi connectivity index (χ2n) is 10.1. The first-order valence-electron chi connectivity index (χ1n) is 12.5. The molecule has 8 rings (SSSR count). The first-order chi connectivity index (χ1) is 18.0. The second-order valence-corrected chi connectivity index (χ2v) is 10.5. The van der Waals surface area contributed by atoms with Gasteiger partial charge in [0.25, 0.3) is 0 Å². The first-order valence-corrected chi connectivity index (χ1v) is 12.8. The number of nitrogens with zero attached hydrogens (tertiary/aromatic N) is 2. The third-order valence-electron chi connectivity index (χ3n) is 8.23. The molecule has 180 valence electrons. The SMILES string of the molecule is Cc1ccc(N=CC23c4ccccc4C(c4ccccc42)[C@H]2C(=O)N(c4ccccc4Cl)C(=O)[C@H]23)cc1. The third kappa shape index (κ3) is 2.93. The molecular weight excluding hydrogens is 480 g/mol. The number of para-hydroxylation sites is 1. The number of aryl methyl sites for hydroxylation is 1. The molecule has 1 aliphatic heterocycles. The lowest BCUT2D eigenvalue weighted by Gasteiger charge is -2.52. The smallest absolute Gasteiger partial charge is 0.239 e. The van der Waals surface area contributed by atoms with E-state index in [-0.39, 0.29) is 17.7 Å². The van der Waals surface area contributed by atoms with Crippen LogP contribution in [0.2, 0.25) is 5.02 Å². The Morgan fingerprint density at radius 1 is 0.784 bits per heavy atom. The molecule has 4 aromatic carbocycles. The van der Waals surface area contributed by atoms with Crippen LogP contribution in [0.4, 0.5) is 11.4 Å². The molecule has 0 spiro atoms. The van der Waals surface area contributed by atoms with Gasteiger partial charge in [-0.15, -0.1) is 0 Å². The summed E-state index contributed by atoms with van der Waals surface area (Å²) in [6, 6.07) is 31.5. The Morgan fingerprint density at radius 2 is 1.38 bits per heavy atom. The van der Waals surface area contributed by atoms with E-state index in [1.54, 1.807) is 24.3 Å². The molecular formula is C32H23ClN2O2. The molecule has 0 saturated carbocycles. The highest BCUT2D eigenvalue weighted by Gasteiger charge is 2.68. The van der Waals surface area contributed by atoms with E-state index in [0.29, 0.717) is 10.7 Å². The Labute approximate surface area is 220 Å². The topological polar surface area (TPSA) is 49.7 Å². The number of carbonyl (C=O) groups excluding carboxylic acids is 2. The summed E-state index contributed by atoms with van der Waals surface area (Å²) < 4.78 is 0. The van der Waals surface area contributed by atoms with E-state index in [9.17, 15) is 9.59 Å². The number of imide groups is 1. The van der Waals surface area contributed by atoms with E-state index in [1.807, 2.05) is 61.7 Å². The van der Waals surface area contributed by atoms with Gasteiger partial charge in [0, 0.05) is 12.1 Å². The van der Waals surface area contributed by atoms with Crippen LogP contribution in [0, 0.1) is 18.8 Å². The Morgan fingerprint density at radius 3 is 2.03 bits per heavy atom. The summed E-state index contributed by atoms with van der Waals surface area (Å²) >= 11 is 6.52. The van der Waals surface area contributed by atoms with E-state index < -0.39 is 17.3 Å². The van der Waals surface area contributed by atoms with Gasteiger partial charge < -0.3 is 0 Å². The molecule has 2 atom stereocenters. The van der Waals surface area contributed by atoms with Crippen molar-refractivity contribution in [3.05, 3.63) is 130 Å². The zero-order valence-corrected chi connectivity index (χ0v) is 20.9. The number of benzene rings is 4. The summed E-state index contributed by atoms with van der Waals surface area (Å²) in [7, 11) is 0. The summed E-state index contributed by atoms with van der Waals surface area (Å²) in [5.41, 5.74) is 5.75. The molecule has 4 aliphatic rings. The fourth-order valence-electron chi connectivity index (χ4n) is 6.73. The zero-order valence-electron chi connectivity index (χ0n) is 20.1. The van der Waals surface area contributed by atoms with E-state index in [1.165, 1.54) is 4.90 Å². The fourth-order valence-corrected chi connectivity index (χ4v) is 6.95. The average Bonchev–Trinajstić information content (AvgIpc) is 3.19. The standard InChI is InChI=1S/C32H23ClN2O2/c1-19-14-16-20(17-15-19)34-18-32-23-10-4-2-8-21(23)27(22-9-3-5-11-24(22)32)28-29(32)31(37)35(30(28)36)26-13-7-6-12-25(26)33/h2-18,27-29H,1H3/t27?,28-,29+,32?/m1/s1. The van der Waals surface area contributed by atoms with Crippen molar-refractivity contribution in [1.29, 1.82) is 0 Å². The van der Waals surface area contributed by atoms with Gasteiger partial charge in [-0.25, -0.2) is 4.90 Å². The monoisotopic (exact) mass is 502 g/mol. The molecule has 4 aromatic rings. The van der Waals surface area contributed by atoms with Gasteiger partial charge in [0.1, 0.15) is 0 Å². The van der Waals surface area contributed by atoms with Gasteiger partial charge in [-0.3, -0.25) is 14.6 Å². The number of carbonyl (C=O) groups is 2. The quantitative estimate of drug-likeness (QED) is 0.234. The largest absolute Gasteiger partial charge is 0.274 e. The highest BCUT2D eigenvalue weighted by atomic mass is 35.5. The van der Waals surface area contributed by atoms with Crippen molar-refractivity contribution >= 4 is 41.0 Å². The molecule has 0 radical (unpaired) electrons. The van der Waals surface area contributed by atoms with Gasteiger partial charge >= 0.3 is 0 Å². The summed E-state index contributed by atoms with van der Waals surface area (Å²) in [6.07, 6.45) is 1.92. The van der Waals surface area contributed by atoms with Gasteiger partial charge in [-0.05, 0) is 53.4 Å². The Bertz CT molecular complexity index is 1580. The normalized spacial score (nSPS) is 25.4. The van der Waals surface area contributed by atoms with Crippen molar-refractivity contribution in [3.8, 4) is 0 Å². The third-order valence-corrected chi connectivity index (χ3v) is 8.55. The highest BCUT2D eigenvalue weighted by molar-refractivity contribution is 6.36. The van der Waals surface area contributed by atoms with Crippen LogP contribution < -0.4 is 4.90 Å². The van der Waals surface area contributed by atoms with E-state index in [4.69, 9.17) is 16.6 Å². The lowest BCUT2D eigenvalue weighted by atomic mass is 9.47. The first kappa shape index (κ1) is 22.2. The predicted octanol–water partition coefficient (Wildman–Crippen LogP) is 6.60. The van der Waals surface area contributed by atoms with Gasteiger partial charge in [-0.1, -0.05) is 90.0 Å². The van der Waals surface area contributed by atoms with E-state index in [0.717, 1.165) is 33.5 Å². The van der Waals surface area contributed by atoms with Crippen molar-refractivity contribution in [2.45, 2.75) is 18.3 Å². The van der Waals surface area contributed by atoms with Crippen LogP contribution in [0.3, 0.4) is 0 Å². The van der Waals surface area contributed by atoms with Gasteiger partial charge in [0.2, 0.25) is 11.8 Å². The van der Waals surface area contributed by atoms with Crippen LogP contribution in [-0.4, -0.2) is 18.0 Å². The minimum absolute atomic E-state index is 0.204. The maximum absolute atomic E-state index is 14.4. The maximum atomic E-state index is 14.4. The second kappa shape index (κ2) is 7.99. The van der Waals surface area contributed by atoms with Crippen LogP contribution >= 0.6 is 11.6 Å². The van der Waals surface area contributed by atoms with Crippen molar-refractivity contribution in [2.75, 3.05) is 4.90 Å². The molecule has 1 fully saturated rings. The highest BCUT2D eigenvalue weighted by Crippen LogP contribution is 2.64. The molecule has 5 heteroatoms. The summed E-state index contributed by atoms with van der Waals surface area (Å²) in [6.45, 7) is 2.04. The molecule has 2 bridgehead atoms. The molecule has 0 N–H and O–H groups in total. The van der Waals surface area contributed by atoms with Crippen LogP contribution in [-0.2, 0) is 15.0 Å². The molecule has 1 heterocycles.